The lowest BCUT2D eigenvalue weighted by Gasteiger charge is -2.18. The second kappa shape index (κ2) is 6.73. The van der Waals surface area contributed by atoms with E-state index in [2.05, 4.69) is 10.3 Å². The molecule has 0 saturated carbocycles. The molecule has 128 valence electrons. The minimum absolute atomic E-state index is 0.136. The number of aromatic nitrogens is 1. The average molecular weight is 342 g/mol. The fourth-order valence-corrected chi connectivity index (χ4v) is 2.29. The van der Waals surface area contributed by atoms with E-state index >= 15 is 0 Å². The van der Waals surface area contributed by atoms with Crippen LogP contribution in [0.25, 0.3) is 0 Å². The van der Waals surface area contributed by atoms with Crippen molar-refractivity contribution in [2.45, 2.75) is 19.4 Å². The number of nitrogens with one attached hydrogen (secondary N) is 3. The Morgan fingerprint density at radius 3 is 2.42 bits per heavy atom. The number of rotatable bonds is 5. The van der Waals surface area contributed by atoms with Gasteiger partial charge in [-0.15, -0.1) is 0 Å². The molecule has 0 aliphatic rings. The molecule has 1 atom stereocenters. The highest BCUT2D eigenvalue weighted by molar-refractivity contribution is 5.99. The topological polar surface area (TPSA) is 94.8 Å². The summed E-state index contributed by atoms with van der Waals surface area (Å²) in [5.74, 6) is -6.42. The third kappa shape index (κ3) is 3.39. The van der Waals surface area contributed by atoms with Gasteiger partial charge in [0.1, 0.15) is 11.4 Å². The summed E-state index contributed by atoms with van der Waals surface area (Å²) in [6.07, 6.45) is 0.906. The van der Waals surface area contributed by atoms with Crippen LogP contribution in [0.3, 0.4) is 0 Å². The van der Waals surface area contributed by atoms with Gasteiger partial charge in [-0.2, -0.15) is 0 Å². The number of aromatic amines is 1. The molecule has 2 aromatic rings. The maximum absolute atomic E-state index is 13.7. The second-order valence-electron chi connectivity index (χ2n) is 5.21. The molecule has 0 amide bonds. The minimum Gasteiger partial charge on any atom is -0.383 e. The number of H-pyrrole nitrogens is 1. The molecule has 5 nitrogen and oxygen atoms in total. The van der Waals surface area contributed by atoms with Gasteiger partial charge >= 0.3 is 0 Å². The van der Waals surface area contributed by atoms with Crippen LogP contribution in [0.15, 0.2) is 23.1 Å². The maximum atomic E-state index is 13.7. The fourth-order valence-electron chi connectivity index (χ4n) is 2.29. The fraction of sp³-hybridized carbons (Fsp3) is 0.200. The molecule has 1 aromatic carbocycles. The summed E-state index contributed by atoms with van der Waals surface area (Å²) in [5.41, 5.74) is 3.99. The lowest BCUT2D eigenvalue weighted by Crippen LogP contribution is -2.28. The van der Waals surface area contributed by atoms with Gasteiger partial charge in [0.2, 0.25) is 0 Å². The van der Waals surface area contributed by atoms with E-state index in [1.807, 2.05) is 0 Å². The molecule has 0 unspecified atom stereocenters. The number of hydrogen-bond donors (Lipinski definition) is 4. The van der Waals surface area contributed by atoms with Gasteiger partial charge in [0.25, 0.3) is 5.56 Å². The van der Waals surface area contributed by atoms with E-state index in [0.29, 0.717) is 0 Å². The normalized spacial score (nSPS) is 12.0. The maximum Gasteiger partial charge on any atom is 0.261 e. The van der Waals surface area contributed by atoms with E-state index in [1.165, 1.54) is 19.2 Å². The first-order chi connectivity index (χ1) is 11.2. The number of hydrogen-bond acceptors (Lipinski definition) is 3. The standard InChI is InChI=1S/C15H14F4N4O/c1-6(4-7-12(18)8(16)5-9(17)13(7)19)23-10-2-3-22-15(24)11(10)14(20)21/h2-3,5-6H,4H2,1H3,(H3,20,21)(H2,22,23,24)/t6-/m0/s1. The highest BCUT2D eigenvalue weighted by Gasteiger charge is 2.21. The van der Waals surface area contributed by atoms with Gasteiger partial charge in [0.05, 0.1) is 5.69 Å². The summed E-state index contributed by atoms with van der Waals surface area (Å²) in [6.45, 7) is 1.49. The molecule has 5 N–H and O–H groups in total. The molecule has 0 aliphatic heterocycles. The largest absolute Gasteiger partial charge is 0.383 e. The van der Waals surface area contributed by atoms with Gasteiger partial charge in [-0.05, 0) is 19.4 Å². The number of nitrogen functional groups attached to an aromatic ring is 1. The lowest BCUT2D eigenvalue weighted by molar-refractivity contribution is 0.436. The quantitative estimate of drug-likeness (QED) is 0.290. The van der Waals surface area contributed by atoms with Crippen molar-refractivity contribution in [3.8, 4) is 0 Å². The van der Waals surface area contributed by atoms with Crippen molar-refractivity contribution in [3.63, 3.8) is 0 Å². The number of anilines is 1. The smallest absolute Gasteiger partial charge is 0.261 e. The monoisotopic (exact) mass is 342 g/mol. The van der Waals surface area contributed by atoms with Gasteiger partial charge in [-0.25, -0.2) is 17.6 Å². The van der Waals surface area contributed by atoms with Crippen LogP contribution in [0.2, 0.25) is 0 Å². The molecule has 0 radical (unpaired) electrons. The predicted molar refractivity (Wildman–Crippen MR) is 81.1 cm³/mol. The molecule has 0 saturated heterocycles. The highest BCUT2D eigenvalue weighted by atomic mass is 19.2. The molecule has 0 spiro atoms. The third-order valence-corrected chi connectivity index (χ3v) is 3.35. The summed E-state index contributed by atoms with van der Waals surface area (Å²) >= 11 is 0. The number of amidine groups is 1. The van der Waals surface area contributed by atoms with Crippen LogP contribution in [0.1, 0.15) is 18.1 Å². The molecular formula is C15H14F4N4O. The Morgan fingerprint density at radius 2 is 1.88 bits per heavy atom. The van der Waals surface area contributed by atoms with Crippen LogP contribution in [0.4, 0.5) is 23.2 Å². The number of pyridine rings is 1. The van der Waals surface area contributed by atoms with Gasteiger partial charge < -0.3 is 16.0 Å². The van der Waals surface area contributed by atoms with Crippen LogP contribution in [-0.2, 0) is 6.42 Å². The summed E-state index contributed by atoms with van der Waals surface area (Å²) in [6, 6.07) is 0.833. The summed E-state index contributed by atoms with van der Waals surface area (Å²) in [5, 5.41) is 10.2. The van der Waals surface area contributed by atoms with E-state index in [-0.39, 0.29) is 17.3 Å². The van der Waals surface area contributed by atoms with Crippen molar-refractivity contribution in [2.24, 2.45) is 5.73 Å². The Kier molecular flexibility index (Phi) is 4.91. The first-order valence-corrected chi connectivity index (χ1v) is 6.86. The number of nitrogens with two attached hydrogens (primary N) is 1. The zero-order valence-corrected chi connectivity index (χ0v) is 12.5. The van der Waals surface area contributed by atoms with Crippen molar-refractivity contribution >= 4 is 11.5 Å². The Hall–Kier alpha value is -2.84. The van der Waals surface area contributed by atoms with Crippen LogP contribution < -0.4 is 16.6 Å². The zero-order valence-electron chi connectivity index (χ0n) is 12.5. The Bertz CT molecular complexity index is 824. The zero-order chi connectivity index (χ0) is 18.0. The molecule has 1 aromatic heterocycles. The SMILES string of the molecule is C[C@@H](Cc1c(F)c(F)cc(F)c1F)Nc1cc[nH]c(=O)c1C(=N)N. The van der Waals surface area contributed by atoms with Crippen LogP contribution in [0.5, 0.6) is 0 Å². The van der Waals surface area contributed by atoms with Crippen molar-refractivity contribution in [3.05, 3.63) is 63.1 Å². The van der Waals surface area contributed by atoms with Gasteiger partial charge in [0.15, 0.2) is 23.3 Å². The van der Waals surface area contributed by atoms with Crippen LogP contribution in [-0.4, -0.2) is 16.9 Å². The average Bonchev–Trinajstić information content (AvgIpc) is 2.49. The van der Waals surface area contributed by atoms with Gasteiger partial charge in [-0.1, -0.05) is 0 Å². The van der Waals surface area contributed by atoms with Gasteiger partial charge in [-0.3, -0.25) is 10.2 Å². The Balaban J connectivity index is 2.31. The molecular weight excluding hydrogens is 328 g/mol. The van der Waals surface area contributed by atoms with Crippen LogP contribution in [0, 0.1) is 28.7 Å². The summed E-state index contributed by atoms with van der Waals surface area (Å²) in [7, 11) is 0. The molecule has 0 aliphatic carbocycles. The second-order valence-corrected chi connectivity index (χ2v) is 5.21. The Labute approximate surface area is 134 Å². The number of benzene rings is 1. The van der Waals surface area contributed by atoms with Gasteiger partial charge in [0, 0.05) is 23.9 Å². The van der Waals surface area contributed by atoms with E-state index in [9.17, 15) is 22.4 Å². The third-order valence-electron chi connectivity index (χ3n) is 3.35. The predicted octanol–water partition coefficient (Wildman–Crippen LogP) is 2.26. The minimum atomic E-state index is -1.49. The van der Waals surface area contributed by atoms with Crippen LogP contribution >= 0.6 is 0 Å². The molecule has 24 heavy (non-hydrogen) atoms. The molecule has 1 heterocycles. The molecule has 9 heteroatoms. The number of halogens is 4. The van der Waals surface area contributed by atoms with Crippen molar-refractivity contribution in [1.29, 1.82) is 5.41 Å². The van der Waals surface area contributed by atoms with E-state index < -0.39 is 52.7 Å². The lowest BCUT2D eigenvalue weighted by atomic mass is 10.0. The molecule has 2 rings (SSSR count). The molecule has 0 fully saturated rings. The summed E-state index contributed by atoms with van der Waals surface area (Å²) in [4.78, 5) is 14.0. The van der Waals surface area contributed by atoms with Crippen molar-refractivity contribution in [1.82, 2.24) is 4.98 Å². The van der Waals surface area contributed by atoms with E-state index in [1.54, 1.807) is 0 Å². The summed E-state index contributed by atoms with van der Waals surface area (Å²) < 4.78 is 53.8. The highest BCUT2D eigenvalue weighted by Crippen LogP contribution is 2.22. The first kappa shape index (κ1) is 17.5. The first-order valence-electron chi connectivity index (χ1n) is 6.86. The van der Waals surface area contributed by atoms with Crippen molar-refractivity contribution in [2.75, 3.05) is 5.32 Å². The van der Waals surface area contributed by atoms with E-state index in [0.717, 1.165) is 0 Å². The van der Waals surface area contributed by atoms with E-state index in [4.69, 9.17) is 11.1 Å². The Morgan fingerprint density at radius 1 is 1.29 bits per heavy atom. The molecule has 0 bridgehead atoms. The van der Waals surface area contributed by atoms with Crippen molar-refractivity contribution < 1.29 is 17.6 Å².